The molecular weight excluding hydrogens is 309 g/mol. The van der Waals surface area contributed by atoms with Gasteiger partial charge in [-0.2, -0.15) is 4.98 Å². The summed E-state index contributed by atoms with van der Waals surface area (Å²) in [7, 11) is 0. The van der Waals surface area contributed by atoms with Crippen LogP contribution in [-0.2, 0) is 0 Å². The third-order valence-electron chi connectivity index (χ3n) is 3.03. The Morgan fingerprint density at radius 2 is 1.61 bits per heavy atom. The number of hydrogen-bond donors (Lipinski definition) is 2. The average molecular weight is 318 g/mol. The molecular formula is C15H9F3N4O. The summed E-state index contributed by atoms with van der Waals surface area (Å²) in [6.07, 6.45) is 0. The van der Waals surface area contributed by atoms with Crippen molar-refractivity contribution >= 4 is 11.9 Å². The summed E-state index contributed by atoms with van der Waals surface area (Å²) in [4.78, 5) is 15.7. The number of nitrogens with zero attached hydrogens (tertiary/aromatic N) is 2. The number of aromatic nitrogens is 3. The molecule has 0 spiro atoms. The van der Waals surface area contributed by atoms with Gasteiger partial charge in [-0.1, -0.05) is 18.2 Å². The standard InChI is InChI=1S/C15H9F3N4O/c16-9-5-2-1-4-8(9)14(23)20-15-19-13(21-22-15)12-10(17)6-3-7-11(12)18/h1-7H,(H2,19,20,21,22,23). The normalized spacial score (nSPS) is 10.6. The zero-order valence-electron chi connectivity index (χ0n) is 11.5. The molecule has 0 fully saturated rings. The van der Waals surface area contributed by atoms with Crippen molar-refractivity contribution < 1.29 is 18.0 Å². The summed E-state index contributed by atoms with van der Waals surface area (Å²) in [6.45, 7) is 0. The molecule has 1 amide bonds. The van der Waals surface area contributed by atoms with Crippen molar-refractivity contribution in [3.63, 3.8) is 0 Å². The van der Waals surface area contributed by atoms with Gasteiger partial charge < -0.3 is 0 Å². The van der Waals surface area contributed by atoms with E-state index >= 15 is 0 Å². The summed E-state index contributed by atoms with van der Waals surface area (Å²) in [5.41, 5.74) is -0.595. The lowest BCUT2D eigenvalue weighted by Crippen LogP contribution is -2.14. The Bertz CT molecular complexity index is 858. The van der Waals surface area contributed by atoms with Crippen LogP contribution in [0, 0.1) is 17.5 Å². The number of carbonyl (C=O) groups is 1. The Morgan fingerprint density at radius 1 is 0.957 bits per heavy atom. The Labute approximate surface area is 128 Å². The molecule has 23 heavy (non-hydrogen) atoms. The van der Waals surface area contributed by atoms with E-state index in [1.54, 1.807) is 0 Å². The number of benzene rings is 2. The van der Waals surface area contributed by atoms with Crippen LogP contribution in [0.5, 0.6) is 0 Å². The fourth-order valence-electron chi connectivity index (χ4n) is 1.97. The first-order valence-corrected chi connectivity index (χ1v) is 6.49. The van der Waals surface area contributed by atoms with E-state index in [1.165, 1.54) is 24.3 Å². The van der Waals surface area contributed by atoms with Crippen molar-refractivity contribution in [1.29, 1.82) is 0 Å². The minimum atomic E-state index is -0.826. The third kappa shape index (κ3) is 2.91. The van der Waals surface area contributed by atoms with Crippen LogP contribution in [0.3, 0.4) is 0 Å². The van der Waals surface area contributed by atoms with Gasteiger partial charge in [0.2, 0.25) is 5.95 Å². The van der Waals surface area contributed by atoms with Gasteiger partial charge >= 0.3 is 0 Å². The summed E-state index contributed by atoms with van der Waals surface area (Å²) < 4.78 is 40.8. The van der Waals surface area contributed by atoms with E-state index in [1.807, 2.05) is 0 Å². The average Bonchev–Trinajstić information content (AvgIpc) is 2.95. The van der Waals surface area contributed by atoms with Crippen LogP contribution < -0.4 is 5.32 Å². The SMILES string of the molecule is O=C(Nc1n[nH]c(-c2c(F)cccc2F)n1)c1ccccc1F. The lowest BCUT2D eigenvalue weighted by molar-refractivity contribution is 0.102. The number of anilines is 1. The van der Waals surface area contributed by atoms with Gasteiger partial charge in [-0.3, -0.25) is 15.2 Å². The van der Waals surface area contributed by atoms with Gasteiger partial charge in [0.05, 0.1) is 11.1 Å². The first-order valence-electron chi connectivity index (χ1n) is 6.49. The number of aromatic amines is 1. The fourth-order valence-corrected chi connectivity index (χ4v) is 1.97. The number of hydrogen-bond acceptors (Lipinski definition) is 3. The molecule has 0 aliphatic heterocycles. The van der Waals surface area contributed by atoms with Crippen LogP contribution >= 0.6 is 0 Å². The minimum absolute atomic E-state index is 0.190. The van der Waals surface area contributed by atoms with Gasteiger partial charge in [0, 0.05) is 0 Å². The number of amides is 1. The smallest absolute Gasteiger partial charge is 0.261 e. The maximum atomic E-state index is 13.7. The first kappa shape index (κ1) is 14.8. The predicted octanol–water partition coefficient (Wildman–Crippen LogP) is 3.14. The molecule has 8 heteroatoms. The molecule has 0 radical (unpaired) electrons. The molecule has 0 atom stereocenters. The Balaban J connectivity index is 1.86. The van der Waals surface area contributed by atoms with E-state index in [4.69, 9.17) is 0 Å². The third-order valence-corrected chi connectivity index (χ3v) is 3.03. The molecule has 5 nitrogen and oxygen atoms in total. The topological polar surface area (TPSA) is 70.7 Å². The van der Waals surface area contributed by atoms with E-state index in [0.717, 1.165) is 18.2 Å². The molecule has 1 aromatic heterocycles. The highest BCUT2D eigenvalue weighted by Crippen LogP contribution is 2.23. The van der Waals surface area contributed by atoms with Crippen LogP contribution in [-0.4, -0.2) is 21.1 Å². The second kappa shape index (κ2) is 5.91. The minimum Gasteiger partial charge on any atom is -0.289 e. The second-order valence-corrected chi connectivity index (χ2v) is 4.54. The maximum absolute atomic E-state index is 13.7. The zero-order chi connectivity index (χ0) is 16.4. The fraction of sp³-hybridized carbons (Fsp3) is 0. The van der Waals surface area contributed by atoms with E-state index in [2.05, 4.69) is 20.5 Å². The maximum Gasteiger partial charge on any atom is 0.261 e. The Morgan fingerprint density at radius 3 is 2.30 bits per heavy atom. The number of nitrogens with one attached hydrogen (secondary N) is 2. The van der Waals surface area contributed by atoms with E-state index in [-0.39, 0.29) is 17.3 Å². The largest absolute Gasteiger partial charge is 0.289 e. The summed E-state index contributed by atoms with van der Waals surface area (Å²) >= 11 is 0. The van der Waals surface area contributed by atoms with Crippen LogP contribution in [0.25, 0.3) is 11.4 Å². The lowest BCUT2D eigenvalue weighted by atomic mass is 10.2. The molecule has 0 aliphatic carbocycles. The van der Waals surface area contributed by atoms with Crippen LogP contribution in [0.4, 0.5) is 19.1 Å². The second-order valence-electron chi connectivity index (χ2n) is 4.54. The highest BCUT2D eigenvalue weighted by atomic mass is 19.1. The molecule has 0 saturated carbocycles. The van der Waals surface area contributed by atoms with E-state index in [9.17, 15) is 18.0 Å². The molecule has 116 valence electrons. The van der Waals surface area contributed by atoms with Gasteiger partial charge in [-0.25, -0.2) is 13.2 Å². The quantitative estimate of drug-likeness (QED) is 0.779. The van der Waals surface area contributed by atoms with Gasteiger partial charge in [0.15, 0.2) is 5.82 Å². The van der Waals surface area contributed by atoms with Gasteiger partial charge in [0.1, 0.15) is 17.5 Å². The monoisotopic (exact) mass is 318 g/mol. The zero-order valence-corrected chi connectivity index (χ0v) is 11.5. The van der Waals surface area contributed by atoms with Crippen LogP contribution in [0.2, 0.25) is 0 Å². The van der Waals surface area contributed by atoms with Gasteiger partial charge in [-0.05, 0) is 24.3 Å². The van der Waals surface area contributed by atoms with Crippen molar-refractivity contribution in [2.45, 2.75) is 0 Å². The summed E-state index contributed by atoms with van der Waals surface area (Å²) in [5.74, 6) is -3.55. The Hall–Kier alpha value is -3.16. The Kier molecular flexibility index (Phi) is 3.80. The van der Waals surface area contributed by atoms with Crippen molar-refractivity contribution in [2.75, 3.05) is 5.32 Å². The highest BCUT2D eigenvalue weighted by molar-refractivity contribution is 6.03. The number of rotatable bonds is 3. The molecule has 0 aliphatic rings. The number of halogens is 3. The van der Waals surface area contributed by atoms with Crippen molar-refractivity contribution in [1.82, 2.24) is 15.2 Å². The molecule has 0 unspecified atom stereocenters. The van der Waals surface area contributed by atoms with Gasteiger partial charge in [-0.15, -0.1) is 5.10 Å². The highest BCUT2D eigenvalue weighted by Gasteiger charge is 2.17. The first-order chi connectivity index (χ1) is 11.1. The molecule has 0 bridgehead atoms. The predicted molar refractivity (Wildman–Crippen MR) is 76.1 cm³/mol. The number of carbonyl (C=O) groups excluding carboxylic acids is 1. The molecule has 3 rings (SSSR count). The molecule has 1 heterocycles. The number of H-pyrrole nitrogens is 1. The molecule has 2 aromatic carbocycles. The summed E-state index contributed by atoms with van der Waals surface area (Å²) in [5, 5.41) is 8.22. The van der Waals surface area contributed by atoms with Crippen molar-refractivity contribution in [2.24, 2.45) is 0 Å². The van der Waals surface area contributed by atoms with E-state index in [0.29, 0.717) is 0 Å². The van der Waals surface area contributed by atoms with Crippen molar-refractivity contribution in [3.05, 3.63) is 65.5 Å². The molecule has 3 aromatic rings. The summed E-state index contributed by atoms with van der Waals surface area (Å²) in [6, 6.07) is 8.71. The van der Waals surface area contributed by atoms with Crippen LogP contribution in [0.15, 0.2) is 42.5 Å². The van der Waals surface area contributed by atoms with Gasteiger partial charge in [0.25, 0.3) is 5.91 Å². The van der Waals surface area contributed by atoms with E-state index < -0.39 is 28.9 Å². The molecule has 0 saturated heterocycles. The lowest BCUT2D eigenvalue weighted by Gasteiger charge is -2.02. The van der Waals surface area contributed by atoms with Crippen LogP contribution in [0.1, 0.15) is 10.4 Å². The van der Waals surface area contributed by atoms with Crippen molar-refractivity contribution in [3.8, 4) is 11.4 Å². The molecule has 2 N–H and O–H groups in total.